The molecule has 0 saturated carbocycles. The van der Waals surface area contributed by atoms with Gasteiger partial charge in [0.25, 0.3) is 0 Å². The second kappa shape index (κ2) is 6.35. The van der Waals surface area contributed by atoms with Gasteiger partial charge in [-0.25, -0.2) is 0 Å². The summed E-state index contributed by atoms with van der Waals surface area (Å²) in [5.74, 6) is 0.709. The molecular weight excluding hydrogens is 361 g/mol. The van der Waals surface area contributed by atoms with Crippen molar-refractivity contribution in [3.05, 3.63) is 62.6 Å². The number of halogens is 2. The Morgan fingerprint density at radius 2 is 1.68 bits per heavy atom. The number of H-pyrrole nitrogens is 1. The van der Waals surface area contributed by atoms with E-state index in [2.05, 4.69) is 15.5 Å². The monoisotopic (exact) mass is 375 g/mol. The molecule has 7 heteroatoms. The fraction of sp³-hybridized carbons (Fsp3) is 0.167. The van der Waals surface area contributed by atoms with Crippen LogP contribution in [0.25, 0.3) is 11.3 Å². The summed E-state index contributed by atoms with van der Waals surface area (Å²) in [6, 6.07) is 9.08. The third-order valence-corrected chi connectivity index (χ3v) is 4.83. The van der Waals surface area contributed by atoms with Crippen LogP contribution >= 0.6 is 23.2 Å². The molecule has 0 amide bonds. The molecule has 25 heavy (non-hydrogen) atoms. The molecular formula is C18H15Cl2N3O2. The lowest BCUT2D eigenvalue weighted by Gasteiger charge is -2.09. The Labute approximate surface area is 154 Å². The first-order chi connectivity index (χ1) is 12.1. The lowest BCUT2D eigenvalue weighted by Crippen LogP contribution is -1.98. The van der Waals surface area contributed by atoms with Gasteiger partial charge in [0, 0.05) is 33.3 Å². The van der Waals surface area contributed by atoms with Gasteiger partial charge in [-0.05, 0) is 41.0 Å². The van der Waals surface area contributed by atoms with E-state index in [1.807, 2.05) is 12.1 Å². The van der Waals surface area contributed by atoms with E-state index < -0.39 is 0 Å². The molecule has 0 saturated heterocycles. The molecule has 0 atom stereocenters. The van der Waals surface area contributed by atoms with Gasteiger partial charge in [0.15, 0.2) is 5.82 Å². The first-order valence-corrected chi connectivity index (χ1v) is 8.51. The van der Waals surface area contributed by atoms with Gasteiger partial charge >= 0.3 is 0 Å². The minimum Gasteiger partial charge on any atom is -0.392 e. The van der Waals surface area contributed by atoms with Gasteiger partial charge in [-0.3, -0.25) is 5.10 Å². The van der Waals surface area contributed by atoms with Crippen molar-refractivity contribution in [1.82, 2.24) is 10.2 Å². The molecule has 1 aromatic heterocycles. The number of aromatic nitrogens is 2. The van der Waals surface area contributed by atoms with Crippen molar-refractivity contribution < 1.29 is 10.2 Å². The molecule has 3 aromatic rings. The summed E-state index contributed by atoms with van der Waals surface area (Å²) in [7, 11) is 0. The van der Waals surface area contributed by atoms with Crippen LogP contribution in [0.15, 0.2) is 30.3 Å². The second-order valence-corrected chi connectivity index (χ2v) is 6.85. The Hall–Kier alpha value is -2.05. The maximum absolute atomic E-state index is 9.51. The normalized spacial score (nSPS) is 12.2. The third-order valence-electron chi connectivity index (χ3n) is 4.40. The minimum absolute atomic E-state index is 0.0958. The van der Waals surface area contributed by atoms with Crippen molar-refractivity contribution in [2.75, 3.05) is 5.32 Å². The molecule has 0 fully saturated rings. The number of nitrogens with zero attached hydrogens (tertiary/aromatic N) is 1. The van der Waals surface area contributed by atoms with Crippen molar-refractivity contribution >= 4 is 34.7 Å². The smallest absolute Gasteiger partial charge is 0.156 e. The van der Waals surface area contributed by atoms with E-state index >= 15 is 0 Å². The Kier molecular flexibility index (Phi) is 4.17. The van der Waals surface area contributed by atoms with E-state index in [0.29, 0.717) is 22.3 Å². The van der Waals surface area contributed by atoms with Gasteiger partial charge < -0.3 is 15.5 Å². The van der Waals surface area contributed by atoms with Crippen molar-refractivity contribution in [3.8, 4) is 11.3 Å². The van der Waals surface area contributed by atoms with Crippen molar-refractivity contribution in [2.45, 2.75) is 19.6 Å². The Balaban J connectivity index is 1.71. The molecule has 0 spiro atoms. The van der Waals surface area contributed by atoms with Gasteiger partial charge in [-0.15, -0.1) is 0 Å². The largest absolute Gasteiger partial charge is 0.392 e. The number of aliphatic hydroxyl groups is 2. The number of fused-ring (bicyclic) bond motifs is 3. The second-order valence-electron chi connectivity index (χ2n) is 5.98. The van der Waals surface area contributed by atoms with Gasteiger partial charge in [0.05, 0.1) is 18.9 Å². The quantitative estimate of drug-likeness (QED) is 0.434. The summed E-state index contributed by atoms with van der Waals surface area (Å²) in [4.78, 5) is 0. The zero-order chi connectivity index (χ0) is 17.6. The SMILES string of the molecule is OCc1cc2c(cc1CO)-c1[nH]nc(Nc3cc(Cl)cc(Cl)c3)c1C2. The third kappa shape index (κ3) is 2.89. The first kappa shape index (κ1) is 16.4. The molecule has 1 aliphatic rings. The first-order valence-electron chi connectivity index (χ1n) is 7.76. The highest BCUT2D eigenvalue weighted by Gasteiger charge is 2.26. The molecule has 4 N–H and O–H groups in total. The summed E-state index contributed by atoms with van der Waals surface area (Å²) in [6.07, 6.45) is 0.691. The van der Waals surface area contributed by atoms with Crippen LogP contribution < -0.4 is 5.32 Å². The molecule has 0 bridgehead atoms. The van der Waals surface area contributed by atoms with E-state index in [1.165, 1.54) is 0 Å². The summed E-state index contributed by atoms with van der Waals surface area (Å²) >= 11 is 12.1. The van der Waals surface area contributed by atoms with Gasteiger partial charge in [0.1, 0.15) is 0 Å². The fourth-order valence-corrected chi connectivity index (χ4v) is 3.76. The molecule has 1 heterocycles. The highest BCUT2D eigenvalue weighted by molar-refractivity contribution is 6.35. The molecule has 128 valence electrons. The Morgan fingerprint density at radius 1 is 1.00 bits per heavy atom. The number of anilines is 2. The number of nitrogens with one attached hydrogen (secondary N) is 2. The molecule has 1 aliphatic carbocycles. The average molecular weight is 376 g/mol. The van der Waals surface area contributed by atoms with Gasteiger partial charge in [-0.1, -0.05) is 29.3 Å². The summed E-state index contributed by atoms with van der Waals surface area (Å²) in [5.41, 5.74) is 6.28. The van der Waals surface area contributed by atoms with Gasteiger partial charge in [-0.2, -0.15) is 5.10 Å². The average Bonchev–Trinajstić information content (AvgIpc) is 3.12. The number of aromatic amines is 1. The minimum atomic E-state index is -0.112. The maximum atomic E-state index is 9.51. The van der Waals surface area contributed by atoms with E-state index in [-0.39, 0.29) is 13.2 Å². The molecule has 0 radical (unpaired) electrons. The number of hydrogen-bond donors (Lipinski definition) is 4. The number of hydrogen-bond acceptors (Lipinski definition) is 4. The lowest BCUT2D eigenvalue weighted by molar-refractivity contribution is 0.260. The molecule has 0 aliphatic heterocycles. The van der Waals surface area contributed by atoms with Crippen LogP contribution in [0.1, 0.15) is 22.3 Å². The molecule has 0 unspecified atom stereocenters. The van der Waals surface area contributed by atoms with Crippen LogP contribution in [-0.4, -0.2) is 20.4 Å². The predicted molar refractivity (Wildman–Crippen MR) is 98.4 cm³/mol. The molecule has 4 rings (SSSR count). The number of rotatable bonds is 4. The lowest BCUT2D eigenvalue weighted by atomic mass is 10.0. The van der Waals surface area contributed by atoms with Crippen molar-refractivity contribution in [1.29, 1.82) is 0 Å². The van der Waals surface area contributed by atoms with Crippen LogP contribution in [-0.2, 0) is 19.6 Å². The standard InChI is InChI=1S/C18H15Cl2N3O2/c19-12-4-13(20)6-14(5-12)21-18-16-2-9-1-10(7-24)11(8-25)3-15(9)17(16)22-23-18/h1,3-6,24-25H,2,7-8H2,(H2,21,22,23). The maximum Gasteiger partial charge on any atom is 0.156 e. The van der Waals surface area contributed by atoms with Crippen LogP contribution in [0.2, 0.25) is 10.0 Å². The van der Waals surface area contributed by atoms with E-state index in [4.69, 9.17) is 23.2 Å². The van der Waals surface area contributed by atoms with Crippen LogP contribution in [0.3, 0.4) is 0 Å². The predicted octanol–water partition coefficient (Wildman–Crippen LogP) is 4.02. The van der Waals surface area contributed by atoms with Crippen LogP contribution in [0.4, 0.5) is 11.5 Å². The van der Waals surface area contributed by atoms with Crippen molar-refractivity contribution in [2.24, 2.45) is 0 Å². The highest BCUT2D eigenvalue weighted by atomic mass is 35.5. The number of aliphatic hydroxyl groups excluding tert-OH is 2. The van der Waals surface area contributed by atoms with Gasteiger partial charge in [0.2, 0.25) is 0 Å². The zero-order valence-electron chi connectivity index (χ0n) is 13.1. The fourth-order valence-electron chi connectivity index (χ4n) is 3.23. The van der Waals surface area contributed by atoms with Crippen LogP contribution in [0.5, 0.6) is 0 Å². The highest BCUT2D eigenvalue weighted by Crippen LogP contribution is 2.41. The number of benzene rings is 2. The summed E-state index contributed by atoms with van der Waals surface area (Å²) in [5, 5.41) is 30.7. The summed E-state index contributed by atoms with van der Waals surface area (Å²) in [6.45, 7) is -0.208. The van der Waals surface area contributed by atoms with Crippen LogP contribution in [0, 0.1) is 0 Å². The van der Waals surface area contributed by atoms with E-state index in [9.17, 15) is 10.2 Å². The Bertz CT molecular complexity index is 949. The zero-order valence-corrected chi connectivity index (χ0v) is 14.6. The van der Waals surface area contributed by atoms with E-state index in [0.717, 1.165) is 39.2 Å². The van der Waals surface area contributed by atoms with E-state index in [1.54, 1.807) is 18.2 Å². The summed E-state index contributed by atoms with van der Waals surface area (Å²) < 4.78 is 0. The van der Waals surface area contributed by atoms with Crippen molar-refractivity contribution in [3.63, 3.8) is 0 Å². The molecule has 5 nitrogen and oxygen atoms in total. The Morgan fingerprint density at radius 3 is 2.36 bits per heavy atom. The molecule has 2 aromatic carbocycles. The topological polar surface area (TPSA) is 81.2 Å².